The van der Waals surface area contributed by atoms with Gasteiger partial charge in [0.15, 0.2) is 0 Å². The number of aliphatic hydroxyl groups is 1. The van der Waals surface area contributed by atoms with Crippen LogP contribution in [0.2, 0.25) is 0 Å². The Kier molecular flexibility index (Phi) is 2.45. The third kappa shape index (κ3) is 1.15. The molecule has 0 heterocycles. The largest absolute Gasteiger partial charge is 0.388 e. The average Bonchev–Trinajstić information content (AvgIpc) is 3.02. The van der Waals surface area contributed by atoms with Crippen LogP contribution in [-0.4, -0.2) is 50.7 Å². The zero-order valence-corrected chi connectivity index (χ0v) is 15.4. The van der Waals surface area contributed by atoms with Crippen molar-refractivity contribution in [2.75, 3.05) is 18.8 Å². The molecule has 0 saturated heterocycles. The number of aliphatic hydroxyl groups excluding tert-OH is 1. The van der Waals surface area contributed by atoms with Crippen molar-refractivity contribution in [1.82, 2.24) is 0 Å². The Morgan fingerprint density at radius 3 is 2.33 bits per heavy atom. The van der Waals surface area contributed by atoms with Gasteiger partial charge in [-0.25, -0.2) is 0 Å². The Hall–Kier alpha value is 1.14. The summed E-state index contributed by atoms with van der Waals surface area (Å²) in [7, 11) is -1.25. The highest BCUT2D eigenvalue weighted by Crippen LogP contribution is 2.89. The van der Waals surface area contributed by atoms with E-state index < -0.39 is 37.1 Å². The Morgan fingerprint density at radius 1 is 1.05 bits per heavy atom. The van der Waals surface area contributed by atoms with Crippen LogP contribution in [0.5, 0.6) is 0 Å². The quantitative estimate of drug-likeness (QED) is 0.755. The van der Waals surface area contributed by atoms with Crippen molar-refractivity contribution < 1.29 is 9.29 Å². The highest BCUT2D eigenvalue weighted by molar-refractivity contribution is 8.28. The minimum absolute atomic E-state index is 0.280. The van der Waals surface area contributed by atoms with Gasteiger partial charge in [-0.3, -0.25) is 0 Å². The van der Waals surface area contributed by atoms with E-state index in [9.17, 15) is 5.11 Å². The SMILES string of the molecule is CS(C)(C)OC1C(O)C2(Cl)C3C4CC5CC4C2(Cl)C1(Cl)C53. The highest BCUT2D eigenvalue weighted by atomic mass is 35.5. The summed E-state index contributed by atoms with van der Waals surface area (Å²) in [4.78, 5) is -2.19. The van der Waals surface area contributed by atoms with Crippen LogP contribution in [0.25, 0.3) is 0 Å². The van der Waals surface area contributed by atoms with E-state index in [1.807, 2.05) is 0 Å². The van der Waals surface area contributed by atoms with Crippen molar-refractivity contribution in [3.63, 3.8) is 0 Å². The molecule has 0 aliphatic heterocycles. The normalized spacial score (nSPS) is 70.3. The number of hydrogen-bond donors (Lipinski definition) is 1. The van der Waals surface area contributed by atoms with Crippen molar-refractivity contribution in [3.05, 3.63) is 0 Å². The number of hydrogen-bond acceptors (Lipinski definition) is 2. The van der Waals surface area contributed by atoms with Crippen LogP contribution < -0.4 is 0 Å². The molecule has 21 heavy (non-hydrogen) atoms. The predicted molar refractivity (Wildman–Crippen MR) is 88.7 cm³/mol. The molecule has 10 atom stereocenters. The number of fused-ring (bicyclic) bond motifs is 3. The summed E-state index contributed by atoms with van der Waals surface area (Å²) in [5, 5.41) is 11.0. The maximum atomic E-state index is 11.0. The van der Waals surface area contributed by atoms with Crippen LogP contribution in [0.4, 0.5) is 0 Å². The lowest BCUT2D eigenvalue weighted by atomic mass is 9.61. The van der Waals surface area contributed by atoms with Crippen LogP contribution in [-0.2, 0) is 4.18 Å². The van der Waals surface area contributed by atoms with E-state index in [-0.39, 0.29) is 5.92 Å². The molecule has 1 N–H and O–H groups in total. The zero-order chi connectivity index (χ0) is 15.2. The second kappa shape index (κ2) is 3.55. The lowest BCUT2D eigenvalue weighted by molar-refractivity contribution is -0.0437. The minimum Gasteiger partial charge on any atom is -0.388 e. The molecule has 6 heteroatoms. The van der Waals surface area contributed by atoms with E-state index in [0.717, 1.165) is 6.42 Å². The fourth-order valence-corrected chi connectivity index (χ4v) is 10.2. The highest BCUT2D eigenvalue weighted by Gasteiger charge is 2.97. The average molecular weight is 372 g/mol. The first-order valence-corrected chi connectivity index (χ1v) is 11.6. The summed E-state index contributed by atoms with van der Waals surface area (Å²) in [6.07, 6.45) is 7.36. The number of halogens is 3. The molecule has 5 rings (SSSR count). The topological polar surface area (TPSA) is 29.5 Å². The molecule has 5 aliphatic carbocycles. The first-order chi connectivity index (χ1) is 9.58. The van der Waals surface area contributed by atoms with Gasteiger partial charge in [0.25, 0.3) is 0 Å². The zero-order valence-electron chi connectivity index (χ0n) is 12.4. The number of rotatable bonds is 2. The minimum atomic E-state index is -1.25. The van der Waals surface area contributed by atoms with Gasteiger partial charge in [0.2, 0.25) is 0 Å². The molecule has 0 aromatic rings. The molecular weight excluding hydrogens is 351 g/mol. The molecule has 0 spiro atoms. The van der Waals surface area contributed by atoms with Gasteiger partial charge in [-0.15, -0.1) is 45.1 Å². The predicted octanol–water partition coefficient (Wildman–Crippen LogP) is 3.20. The van der Waals surface area contributed by atoms with Crippen molar-refractivity contribution in [3.8, 4) is 0 Å². The second-order valence-electron chi connectivity index (χ2n) is 8.49. The fraction of sp³-hybridized carbons (Fsp3) is 1.00. The molecule has 5 fully saturated rings. The molecular formula is C15H21Cl3O2S. The van der Waals surface area contributed by atoms with E-state index in [1.165, 1.54) is 6.42 Å². The summed E-state index contributed by atoms with van der Waals surface area (Å²) < 4.78 is 6.28. The Labute approximate surface area is 142 Å². The van der Waals surface area contributed by atoms with Gasteiger partial charge in [0.1, 0.15) is 12.2 Å². The summed E-state index contributed by atoms with van der Waals surface area (Å²) in [6.45, 7) is 0. The first kappa shape index (κ1) is 14.5. The second-order valence-corrected chi connectivity index (χ2v) is 14.0. The molecule has 5 aliphatic rings. The third-order valence-electron chi connectivity index (χ3n) is 7.12. The lowest BCUT2D eigenvalue weighted by Gasteiger charge is -2.54. The first-order valence-electron chi connectivity index (χ1n) is 7.70. The molecule has 6 bridgehead atoms. The molecule has 0 aromatic heterocycles. The van der Waals surface area contributed by atoms with E-state index in [0.29, 0.717) is 23.7 Å². The van der Waals surface area contributed by atoms with Gasteiger partial charge in [-0.05, 0) is 61.2 Å². The Bertz CT molecular complexity index is 554. The van der Waals surface area contributed by atoms with Gasteiger partial charge in [-0.1, -0.05) is 0 Å². The van der Waals surface area contributed by atoms with E-state index >= 15 is 0 Å². The van der Waals surface area contributed by atoms with Gasteiger partial charge in [0.05, 0.1) is 14.6 Å². The molecule has 0 aromatic carbocycles. The van der Waals surface area contributed by atoms with E-state index in [4.69, 9.17) is 39.0 Å². The van der Waals surface area contributed by atoms with Gasteiger partial charge >= 0.3 is 0 Å². The van der Waals surface area contributed by atoms with Crippen molar-refractivity contribution in [1.29, 1.82) is 0 Å². The third-order valence-corrected chi connectivity index (χ3v) is 10.5. The summed E-state index contributed by atoms with van der Waals surface area (Å²) in [5.41, 5.74) is 0. The smallest absolute Gasteiger partial charge is 0.119 e. The van der Waals surface area contributed by atoms with Crippen molar-refractivity contribution in [2.45, 2.75) is 39.7 Å². The molecule has 5 saturated carbocycles. The Balaban J connectivity index is 1.71. The van der Waals surface area contributed by atoms with Crippen LogP contribution in [0, 0.1) is 29.6 Å². The molecule has 2 nitrogen and oxygen atoms in total. The maximum Gasteiger partial charge on any atom is 0.119 e. The van der Waals surface area contributed by atoms with Crippen molar-refractivity contribution >= 4 is 45.1 Å². The Morgan fingerprint density at radius 2 is 1.71 bits per heavy atom. The lowest BCUT2D eigenvalue weighted by Crippen LogP contribution is -2.62. The van der Waals surface area contributed by atoms with Crippen LogP contribution in [0.3, 0.4) is 0 Å². The van der Waals surface area contributed by atoms with Gasteiger partial charge in [-0.2, -0.15) is 0 Å². The summed E-state index contributed by atoms with van der Waals surface area (Å²) in [5.74, 6) is 2.15. The molecule has 0 amide bonds. The van der Waals surface area contributed by atoms with Crippen LogP contribution in [0.15, 0.2) is 0 Å². The van der Waals surface area contributed by atoms with Gasteiger partial charge in [0, 0.05) is 0 Å². The van der Waals surface area contributed by atoms with Crippen LogP contribution in [0.1, 0.15) is 12.8 Å². The van der Waals surface area contributed by atoms with E-state index in [2.05, 4.69) is 18.8 Å². The monoisotopic (exact) mass is 370 g/mol. The summed E-state index contributed by atoms with van der Waals surface area (Å²) >= 11 is 21.5. The molecule has 0 radical (unpaired) electrons. The van der Waals surface area contributed by atoms with Crippen LogP contribution >= 0.6 is 45.1 Å². The fourth-order valence-electron chi connectivity index (χ4n) is 7.04. The maximum absolute atomic E-state index is 11.0. The number of alkyl halides is 3. The van der Waals surface area contributed by atoms with Gasteiger partial charge < -0.3 is 9.29 Å². The standard InChI is InChI=1S/C15H21Cl3O2S/c1-21(2,3)20-12-11(19)13(16)10-7-4-6-5-8(7)15(13,18)14(12,17)9(6)10/h6-12,19H,4-5H2,1-3H3. The summed E-state index contributed by atoms with van der Waals surface area (Å²) in [6, 6.07) is 0. The van der Waals surface area contributed by atoms with E-state index in [1.54, 1.807) is 0 Å². The van der Waals surface area contributed by atoms with Crippen molar-refractivity contribution in [2.24, 2.45) is 29.6 Å². The molecule has 10 unspecified atom stereocenters. The molecule has 120 valence electrons.